The van der Waals surface area contributed by atoms with Crippen LogP contribution in [0.15, 0.2) is 48.5 Å². The number of para-hydroxylation sites is 1. The van der Waals surface area contributed by atoms with Crippen LogP contribution in [-0.2, 0) is 11.2 Å². The summed E-state index contributed by atoms with van der Waals surface area (Å²) in [7, 11) is 0. The summed E-state index contributed by atoms with van der Waals surface area (Å²) in [4.78, 5) is 11.9. The van der Waals surface area contributed by atoms with Gasteiger partial charge in [-0.3, -0.25) is 4.79 Å². The summed E-state index contributed by atoms with van der Waals surface area (Å²) in [5.41, 5.74) is 9.47. The Labute approximate surface area is 119 Å². The number of carbonyl (C=O) groups is 1. The molecule has 20 heavy (non-hydrogen) atoms. The van der Waals surface area contributed by atoms with Crippen molar-refractivity contribution in [3.8, 4) is 0 Å². The van der Waals surface area contributed by atoms with E-state index in [9.17, 15) is 4.79 Å². The molecule has 0 aliphatic rings. The third-order valence-electron chi connectivity index (χ3n) is 3.28. The molecule has 1 amide bonds. The Morgan fingerprint density at radius 1 is 1.10 bits per heavy atom. The second kappa shape index (κ2) is 6.75. The quantitative estimate of drug-likeness (QED) is 0.815. The van der Waals surface area contributed by atoms with Crippen LogP contribution < -0.4 is 11.1 Å². The van der Waals surface area contributed by atoms with E-state index < -0.39 is 0 Å². The highest BCUT2D eigenvalue weighted by Gasteiger charge is 2.07. The monoisotopic (exact) mass is 268 g/mol. The van der Waals surface area contributed by atoms with E-state index in [1.54, 1.807) is 6.07 Å². The molecule has 0 bridgehead atoms. The topological polar surface area (TPSA) is 55.1 Å². The lowest BCUT2D eigenvalue weighted by molar-refractivity contribution is -0.116. The fourth-order valence-electron chi connectivity index (χ4n) is 2.16. The van der Waals surface area contributed by atoms with Gasteiger partial charge in [0.1, 0.15) is 0 Å². The first-order valence-corrected chi connectivity index (χ1v) is 6.85. The van der Waals surface area contributed by atoms with Crippen molar-refractivity contribution >= 4 is 17.3 Å². The van der Waals surface area contributed by atoms with Crippen LogP contribution in [0, 0.1) is 6.92 Å². The summed E-state index contributed by atoms with van der Waals surface area (Å²) < 4.78 is 0. The molecule has 3 heteroatoms. The lowest BCUT2D eigenvalue weighted by atomic mass is 10.1. The molecule has 104 valence electrons. The van der Waals surface area contributed by atoms with Gasteiger partial charge in [-0.15, -0.1) is 0 Å². The van der Waals surface area contributed by atoms with Crippen LogP contribution in [0.1, 0.15) is 24.0 Å². The summed E-state index contributed by atoms with van der Waals surface area (Å²) >= 11 is 0. The maximum Gasteiger partial charge on any atom is 0.224 e. The van der Waals surface area contributed by atoms with Crippen molar-refractivity contribution in [3.05, 3.63) is 59.7 Å². The van der Waals surface area contributed by atoms with Gasteiger partial charge in [-0.1, -0.05) is 42.5 Å². The highest BCUT2D eigenvalue weighted by molar-refractivity contribution is 5.94. The molecule has 2 rings (SSSR count). The van der Waals surface area contributed by atoms with Gasteiger partial charge in [0.2, 0.25) is 5.91 Å². The minimum Gasteiger partial charge on any atom is -0.397 e. The molecule has 0 saturated carbocycles. The Balaban J connectivity index is 1.84. The predicted molar refractivity (Wildman–Crippen MR) is 83.6 cm³/mol. The zero-order valence-corrected chi connectivity index (χ0v) is 11.7. The first-order valence-electron chi connectivity index (χ1n) is 6.85. The van der Waals surface area contributed by atoms with E-state index in [4.69, 9.17) is 5.73 Å². The van der Waals surface area contributed by atoms with Crippen LogP contribution in [0.4, 0.5) is 11.4 Å². The fraction of sp³-hybridized carbons (Fsp3) is 0.235. The summed E-state index contributed by atoms with van der Waals surface area (Å²) in [6.45, 7) is 1.94. The lowest BCUT2D eigenvalue weighted by Gasteiger charge is -2.11. The zero-order valence-electron chi connectivity index (χ0n) is 11.7. The molecule has 0 atom stereocenters. The minimum atomic E-state index is 0.0157. The molecule has 0 unspecified atom stereocenters. The summed E-state index contributed by atoms with van der Waals surface area (Å²) in [6.07, 6.45) is 2.25. The smallest absolute Gasteiger partial charge is 0.224 e. The highest BCUT2D eigenvalue weighted by Crippen LogP contribution is 2.22. The molecule has 0 aliphatic carbocycles. The number of carbonyl (C=O) groups excluding carboxylic acids is 1. The summed E-state index contributed by atoms with van der Waals surface area (Å²) in [5, 5.41) is 2.90. The van der Waals surface area contributed by atoms with Gasteiger partial charge in [-0.2, -0.15) is 0 Å². The second-order valence-electron chi connectivity index (χ2n) is 4.93. The number of anilines is 2. The van der Waals surface area contributed by atoms with Crippen molar-refractivity contribution in [2.24, 2.45) is 0 Å². The molecule has 0 heterocycles. The van der Waals surface area contributed by atoms with Gasteiger partial charge in [-0.05, 0) is 37.0 Å². The summed E-state index contributed by atoms with van der Waals surface area (Å²) in [6, 6.07) is 15.8. The molecule has 0 aromatic heterocycles. The van der Waals surface area contributed by atoms with Gasteiger partial charge >= 0.3 is 0 Å². The number of nitrogen functional groups attached to an aromatic ring is 1. The number of aryl methyl sites for hydroxylation is 2. The van der Waals surface area contributed by atoms with Crippen LogP contribution >= 0.6 is 0 Å². The first-order chi connectivity index (χ1) is 9.66. The van der Waals surface area contributed by atoms with Gasteiger partial charge in [-0.25, -0.2) is 0 Å². The fourth-order valence-corrected chi connectivity index (χ4v) is 2.16. The number of hydrogen-bond acceptors (Lipinski definition) is 2. The Bertz CT molecular complexity index is 559. The Kier molecular flexibility index (Phi) is 4.77. The normalized spacial score (nSPS) is 10.2. The van der Waals surface area contributed by atoms with Crippen LogP contribution in [-0.4, -0.2) is 5.91 Å². The first kappa shape index (κ1) is 14.1. The molecule has 3 nitrogen and oxygen atoms in total. The SMILES string of the molecule is Cc1cccc(N)c1NC(=O)CCCc1ccccc1. The summed E-state index contributed by atoms with van der Waals surface area (Å²) in [5.74, 6) is 0.0157. The third kappa shape index (κ3) is 3.85. The van der Waals surface area contributed by atoms with E-state index in [-0.39, 0.29) is 5.91 Å². The lowest BCUT2D eigenvalue weighted by Crippen LogP contribution is -2.13. The molecule has 0 aliphatic heterocycles. The highest BCUT2D eigenvalue weighted by atomic mass is 16.1. The number of nitrogens with one attached hydrogen (secondary N) is 1. The van der Waals surface area contributed by atoms with E-state index in [2.05, 4.69) is 17.4 Å². The van der Waals surface area contributed by atoms with Crippen molar-refractivity contribution in [1.82, 2.24) is 0 Å². The maximum atomic E-state index is 11.9. The molecule has 0 spiro atoms. The van der Waals surface area contributed by atoms with Crippen LogP contribution in [0.2, 0.25) is 0 Å². The number of hydrogen-bond donors (Lipinski definition) is 2. The molecule has 2 aromatic rings. The van der Waals surface area contributed by atoms with Crippen molar-refractivity contribution < 1.29 is 4.79 Å². The standard InChI is InChI=1S/C17H20N2O/c1-13-7-5-11-15(18)17(13)19-16(20)12-6-10-14-8-3-2-4-9-14/h2-5,7-9,11H,6,10,12,18H2,1H3,(H,19,20). The van der Waals surface area contributed by atoms with E-state index in [0.717, 1.165) is 24.1 Å². The van der Waals surface area contributed by atoms with Crippen LogP contribution in [0.3, 0.4) is 0 Å². The number of rotatable bonds is 5. The number of amides is 1. The Morgan fingerprint density at radius 3 is 2.55 bits per heavy atom. The second-order valence-corrected chi connectivity index (χ2v) is 4.93. The predicted octanol–water partition coefficient (Wildman–Crippen LogP) is 3.54. The molecule has 0 saturated heterocycles. The average Bonchev–Trinajstić information content (AvgIpc) is 2.44. The minimum absolute atomic E-state index is 0.0157. The number of nitrogens with two attached hydrogens (primary N) is 1. The maximum absolute atomic E-state index is 11.9. The third-order valence-corrected chi connectivity index (χ3v) is 3.28. The van der Waals surface area contributed by atoms with Gasteiger partial charge in [0.25, 0.3) is 0 Å². The molecular formula is C17H20N2O. The molecule has 0 radical (unpaired) electrons. The van der Waals surface area contributed by atoms with Gasteiger partial charge < -0.3 is 11.1 Å². The molecule has 2 aromatic carbocycles. The van der Waals surface area contributed by atoms with E-state index in [1.165, 1.54) is 5.56 Å². The van der Waals surface area contributed by atoms with Crippen LogP contribution in [0.25, 0.3) is 0 Å². The van der Waals surface area contributed by atoms with Crippen molar-refractivity contribution in [2.75, 3.05) is 11.1 Å². The van der Waals surface area contributed by atoms with E-state index in [0.29, 0.717) is 12.1 Å². The zero-order chi connectivity index (χ0) is 14.4. The average molecular weight is 268 g/mol. The molecule has 3 N–H and O–H groups in total. The van der Waals surface area contributed by atoms with Crippen LogP contribution in [0.5, 0.6) is 0 Å². The molecule has 0 fully saturated rings. The van der Waals surface area contributed by atoms with E-state index in [1.807, 2.05) is 37.3 Å². The van der Waals surface area contributed by atoms with Crippen molar-refractivity contribution in [2.45, 2.75) is 26.2 Å². The van der Waals surface area contributed by atoms with E-state index >= 15 is 0 Å². The Morgan fingerprint density at radius 2 is 1.85 bits per heavy atom. The van der Waals surface area contributed by atoms with Gasteiger partial charge in [0.05, 0.1) is 11.4 Å². The Hall–Kier alpha value is -2.29. The van der Waals surface area contributed by atoms with Gasteiger partial charge in [0, 0.05) is 6.42 Å². The van der Waals surface area contributed by atoms with Crippen molar-refractivity contribution in [3.63, 3.8) is 0 Å². The van der Waals surface area contributed by atoms with Gasteiger partial charge in [0.15, 0.2) is 0 Å². The van der Waals surface area contributed by atoms with Crippen molar-refractivity contribution in [1.29, 1.82) is 0 Å². The molecular weight excluding hydrogens is 248 g/mol. The number of benzene rings is 2. The largest absolute Gasteiger partial charge is 0.397 e.